The molecule has 120 valence electrons. The number of para-hydroxylation sites is 1. The van der Waals surface area contributed by atoms with Crippen LogP contribution in [-0.2, 0) is 0 Å². The summed E-state index contributed by atoms with van der Waals surface area (Å²) in [6.45, 7) is 0. The molecule has 1 aromatic heterocycles. The van der Waals surface area contributed by atoms with Crippen molar-refractivity contribution in [3.8, 4) is 5.75 Å². The van der Waals surface area contributed by atoms with E-state index in [1.807, 2.05) is 12.1 Å². The molecule has 24 heavy (non-hydrogen) atoms. The van der Waals surface area contributed by atoms with Crippen LogP contribution in [0.4, 0.5) is 5.69 Å². The van der Waals surface area contributed by atoms with Gasteiger partial charge in [0.1, 0.15) is 5.58 Å². The molecule has 0 atom stereocenters. The van der Waals surface area contributed by atoms with E-state index in [-0.39, 0.29) is 5.76 Å². The number of benzene rings is 2. The van der Waals surface area contributed by atoms with Crippen LogP contribution in [0.5, 0.6) is 5.75 Å². The number of nitro groups is 1. The molecular weight excluding hydrogens is 314 g/mol. The van der Waals surface area contributed by atoms with Gasteiger partial charge in [-0.15, -0.1) is 0 Å². The van der Waals surface area contributed by atoms with Gasteiger partial charge in [-0.1, -0.05) is 18.2 Å². The summed E-state index contributed by atoms with van der Waals surface area (Å²) in [5, 5.41) is 24.6. The van der Waals surface area contributed by atoms with Crippen molar-refractivity contribution in [2.75, 3.05) is 0 Å². The summed E-state index contributed by atoms with van der Waals surface area (Å²) in [7, 11) is 0. The predicted octanol–water partition coefficient (Wildman–Crippen LogP) is 2.81. The van der Waals surface area contributed by atoms with Gasteiger partial charge in [0.15, 0.2) is 11.5 Å². The fourth-order valence-corrected chi connectivity index (χ4v) is 2.08. The van der Waals surface area contributed by atoms with Gasteiger partial charge in [-0.25, -0.2) is 5.43 Å². The summed E-state index contributed by atoms with van der Waals surface area (Å²) in [5.74, 6) is -0.885. The normalized spacial score (nSPS) is 11.0. The van der Waals surface area contributed by atoms with E-state index in [1.54, 1.807) is 18.2 Å². The number of aromatic hydroxyl groups is 1. The predicted molar refractivity (Wildman–Crippen MR) is 86.0 cm³/mol. The van der Waals surface area contributed by atoms with Crippen LogP contribution >= 0.6 is 0 Å². The van der Waals surface area contributed by atoms with E-state index >= 15 is 0 Å². The maximum Gasteiger partial charge on any atom is 0.311 e. The summed E-state index contributed by atoms with van der Waals surface area (Å²) in [6, 6.07) is 12.5. The summed E-state index contributed by atoms with van der Waals surface area (Å²) in [6.07, 6.45) is 1.23. The van der Waals surface area contributed by atoms with Crippen LogP contribution in [0.25, 0.3) is 11.0 Å². The van der Waals surface area contributed by atoms with E-state index in [4.69, 9.17) is 4.42 Å². The minimum absolute atomic E-state index is 0.102. The number of nitrogens with zero attached hydrogens (tertiary/aromatic N) is 2. The Kier molecular flexibility index (Phi) is 3.94. The van der Waals surface area contributed by atoms with Gasteiger partial charge in [-0.05, 0) is 24.3 Å². The van der Waals surface area contributed by atoms with Crippen molar-refractivity contribution < 1.29 is 19.2 Å². The SMILES string of the molecule is O=C(N/N=C\c1ccc(O)c([N+](=O)[O-])c1)c1cc2ccccc2o1. The number of furan rings is 1. The molecule has 0 spiro atoms. The van der Waals surface area contributed by atoms with Gasteiger partial charge in [-0.3, -0.25) is 14.9 Å². The molecular formula is C16H11N3O5. The molecule has 0 aliphatic heterocycles. The quantitative estimate of drug-likeness (QED) is 0.434. The monoisotopic (exact) mass is 325 g/mol. The number of carbonyl (C=O) groups excluding carboxylic acids is 1. The average molecular weight is 325 g/mol. The molecule has 1 amide bonds. The Balaban J connectivity index is 1.73. The van der Waals surface area contributed by atoms with Crippen molar-refractivity contribution in [2.45, 2.75) is 0 Å². The van der Waals surface area contributed by atoms with Gasteiger partial charge in [0, 0.05) is 17.0 Å². The van der Waals surface area contributed by atoms with Gasteiger partial charge in [-0.2, -0.15) is 5.10 Å². The molecule has 2 N–H and O–H groups in total. The molecule has 3 aromatic rings. The standard InChI is InChI=1S/C16H11N3O5/c20-13-6-5-10(7-12(13)19(22)23)9-17-18-16(21)15-8-11-3-1-2-4-14(11)24-15/h1-9,20H,(H,18,21)/b17-9-. The third-order valence-electron chi connectivity index (χ3n) is 3.23. The Hall–Kier alpha value is -3.68. The van der Waals surface area contributed by atoms with Crippen molar-refractivity contribution in [3.63, 3.8) is 0 Å². The van der Waals surface area contributed by atoms with Crippen LogP contribution in [0.15, 0.2) is 58.0 Å². The number of fused-ring (bicyclic) bond motifs is 1. The molecule has 1 heterocycles. The Morgan fingerprint density at radius 1 is 1.25 bits per heavy atom. The first-order valence-electron chi connectivity index (χ1n) is 6.84. The summed E-state index contributed by atoms with van der Waals surface area (Å²) >= 11 is 0. The van der Waals surface area contributed by atoms with Crippen molar-refractivity contribution in [2.24, 2.45) is 5.10 Å². The molecule has 3 rings (SSSR count). The number of nitrogens with one attached hydrogen (secondary N) is 1. The lowest BCUT2D eigenvalue weighted by Crippen LogP contribution is -2.16. The van der Waals surface area contributed by atoms with Crippen LogP contribution in [-0.4, -0.2) is 22.2 Å². The largest absolute Gasteiger partial charge is 0.502 e. The van der Waals surface area contributed by atoms with Crippen LogP contribution in [0, 0.1) is 10.1 Å². The molecule has 8 heteroatoms. The van der Waals surface area contributed by atoms with Crippen molar-refractivity contribution in [1.82, 2.24) is 5.43 Å². The van der Waals surface area contributed by atoms with E-state index in [0.29, 0.717) is 11.1 Å². The molecule has 0 radical (unpaired) electrons. The average Bonchev–Trinajstić information content (AvgIpc) is 3.00. The van der Waals surface area contributed by atoms with Crippen LogP contribution < -0.4 is 5.43 Å². The second kappa shape index (κ2) is 6.21. The molecule has 0 saturated heterocycles. The fourth-order valence-electron chi connectivity index (χ4n) is 2.08. The van der Waals surface area contributed by atoms with Crippen molar-refractivity contribution >= 4 is 28.8 Å². The van der Waals surface area contributed by atoms with Gasteiger partial charge in [0.05, 0.1) is 11.1 Å². The maximum atomic E-state index is 12.0. The van der Waals surface area contributed by atoms with Crippen LogP contribution in [0.1, 0.15) is 16.1 Å². The first-order chi connectivity index (χ1) is 11.5. The zero-order valence-corrected chi connectivity index (χ0v) is 12.2. The first kappa shape index (κ1) is 15.2. The maximum absolute atomic E-state index is 12.0. The molecule has 0 aliphatic carbocycles. The number of nitro benzene ring substituents is 1. The molecule has 0 aliphatic rings. The third kappa shape index (κ3) is 3.07. The third-order valence-corrected chi connectivity index (χ3v) is 3.23. The summed E-state index contributed by atoms with van der Waals surface area (Å²) < 4.78 is 5.39. The summed E-state index contributed by atoms with van der Waals surface area (Å²) in [4.78, 5) is 22.0. The molecule has 2 aromatic carbocycles. The Labute approximate surface area is 135 Å². The molecule has 0 bridgehead atoms. The number of hydrogen-bond acceptors (Lipinski definition) is 6. The molecule has 0 unspecified atom stereocenters. The number of carbonyl (C=O) groups is 1. The van der Waals surface area contributed by atoms with E-state index in [9.17, 15) is 20.0 Å². The zero-order valence-electron chi connectivity index (χ0n) is 12.2. The van der Waals surface area contributed by atoms with E-state index in [2.05, 4.69) is 10.5 Å². The van der Waals surface area contributed by atoms with Gasteiger partial charge in [0.2, 0.25) is 0 Å². The van der Waals surface area contributed by atoms with Crippen molar-refractivity contribution in [3.05, 3.63) is 70.0 Å². The van der Waals surface area contributed by atoms with Crippen molar-refractivity contribution in [1.29, 1.82) is 0 Å². The smallest absolute Gasteiger partial charge is 0.311 e. The zero-order chi connectivity index (χ0) is 17.1. The Morgan fingerprint density at radius 3 is 2.79 bits per heavy atom. The first-order valence-corrected chi connectivity index (χ1v) is 6.84. The topological polar surface area (TPSA) is 118 Å². The fraction of sp³-hybridized carbons (Fsp3) is 0. The van der Waals surface area contributed by atoms with Gasteiger partial charge in [0.25, 0.3) is 0 Å². The van der Waals surface area contributed by atoms with E-state index < -0.39 is 22.3 Å². The Morgan fingerprint density at radius 2 is 2.04 bits per heavy atom. The highest BCUT2D eigenvalue weighted by Crippen LogP contribution is 2.25. The Bertz CT molecular complexity index is 928. The van der Waals surface area contributed by atoms with E-state index in [0.717, 1.165) is 11.5 Å². The second-order valence-electron chi connectivity index (χ2n) is 4.85. The molecule has 0 saturated carbocycles. The highest BCUT2D eigenvalue weighted by Gasteiger charge is 2.13. The van der Waals surface area contributed by atoms with Gasteiger partial charge < -0.3 is 9.52 Å². The lowest BCUT2D eigenvalue weighted by molar-refractivity contribution is -0.385. The minimum atomic E-state index is -0.709. The number of phenolic OH excluding ortho intramolecular Hbond substituents is 1. The van der Waals surface area contributed by atoms with Gasteiger partial charge >= 0.3 is 11.6 Å². The van der Waals surface area contributed by atoms with Crippen LogP contribution in [0.3, 0.4) is 0 Å². The number of hydrogen-bond donors (Lipinski definition) is 2. The highest BCUT2D eigenvalue weighted by atomic mass is 16.6. The van der Waals surface area contributed by atoms with Crippen LogP contribution in [0.2, 0.25) is 0 Å². The number of amides is 1. The summed E-state index contributed by atoms with van der Waals surface area (Å²) in [5.41, 5.74) is 2.77. The number of rotatable bonds is 4. The molecule has 8 nitrogen and oxygen atoms in total. The second-order valence-corrected chi connectivity index (χ2v) is 4.85. The minimum Gasteiger partial charge on any atom is -0.502 e. The lowest BCUT2D eigenvalue weighted by Gasteiger charge is -1.98. The van der Waals surface area contributed by atoms with E-state index in [1.165, 1.54) is 18.3 Å². The lowest BCUT2D eigenvalue weighted by atomic mass is 10.2. The molecule has 0 fully saturated rings. The number of phenols is 1. The number of hydrazone groups is 1. The highest BCUT2D eigenvalue weighted by molar-refractivity contribution is 5.96.